The molecule has 7 nitrogen and oxygen atoms in total. The van der Waals surface area contributed by atoms with Gasteiger partial charge in [-0.25, -0.2) is 0 Å². The van der Waals surface area contributed by atoms with E-state index in [4.69, 9.17) is 14.7 Å². The Kier molecular flexibility index (Phi) is 8.63. The fraction of sp³-hybridized carbons (Fsp3) is 0.300. The molecule has 27 heavy (non-hydrogen) atoms. The summed E-state index contributed by atoms with van der Waals surface area (Å²) in [4.78, 5) is 11.7. The Morgan fingerprint density at radius 2 is 1.81 bits per heavy atom. The summed E-state index contributed by atoms with van der Waals surface area (Å²) in [5.41, 5.74) is 0.429. The molecule has 0 fully saturated rings. The number of nitrogens with zero attached hydrogens (tertiary/aromatic N) is 1. The van der Waals surface area contributed by atoms with Gasteiger partial charge >= 0.3 is 0 Å². The van der Waals surface area contributed by atoms with Gasteiger partial charge < -0.3 is 25.2 Å². The molecule has 3 N–H and O–H groups in total. The molecule has 1 amide bonds. The number of aliphatic hydroxyl groups is 1. The molecule has 0 saturated heterocycles. The van der Waals surface area contributed by atoms with Crippen LogP contribution in [0.15, 0.2) is 54.6 Å². The van der Waals surface area contributed by atoms with Crippen molar-refractivity contribution in [2.45, 2.75) is 6.10 Å². The van der Waals surface area contributed by atoms with E-state index in [-0.39, 0.29) is 19.1 Å². The van der Waals surface area contributed by atoms with Crippen molar-refractivity contribution in [2.75, 3.05) is 32.8 Å². The van der Waals surface area contributed by atoms with Crippen molar-refractivity contribution in [2.24, 2.45) is 0 Å². The van der Waals surface area contributed by atoms with E-state index >= 15 is 0 Å². The second-order valence-electron chi connectivity index (χ2n) is 5.73. The number of benzene rings is 2. The highest BCUT2D eigenvalue weighted by atomic mass is 16.5. The largest absolute Gasteiger partial charge is 0.489 e. The minimum Gasteiger partial charge on any atom is -0.489 e. The van der Waals surface area contributed by atoms with Crippen molar-refractivity contribution in [1.29, 1.82) is 5.26 Å². The molecule has 0 spiro atoms. The van der Waals surface area contributed by atoms with E-state index in [0.29, 0.717) is 36.7 Å². The molecular formula is C20H23N3O4. The summed E-state index contributed by atoms with van der Waals surface area (Å²) in [7, 11) is 0. The third-order valence-corrected chi connectivity index (χ3v) is 3.56. The van der Waals surface area contributed by atoms with Crippen LogP contribution in [0.4, 0.5) is 0 Å². The first-order valence-corrected chi connectivity index (χ1v) is 8.64. The molecule has 0 aliphatic heterocycles. The number of aliphatic hydroxyl groups excluding tert-OH is 1. The summed E-state index contributed by atoms with van der Waals surface area (Å²) in [6.45, 7) is 1.26. The molecule has 0 heterocycles. The molecule has 142 valence electrons. The van der Waals surface area contributed by atoms with E-state index in [0.717, 1.165) is 0 Å². The molecule has 7 heteroatoms. The molecule has 1 atom stereocenters. The lowest BCUT2D eigenvalue weighted by Gasteiger charge is -2.14. The summed E-state index contributed by atoms with van der Waals surface area (Å²) in [6, 6.07) is 18.0. The lowest BCUT2D eigenvalue weighted by atomic mass is 10.2. The average molecular weight is 369 g/mol. The monoisotopic (exact) mass is 369 g/mol. The predicted octanol–water partition coefficient (Wildman–Crippen LogP) is 1.08. The van der Waals surface area contributed by atoms with E-state index in [1.165, 1.54) is 0 Å². The van der Waals surface area contributed by atoms with Crippen molar-refractivity contribution in [3.05, 3.63) is 60.2 Å². The second kappa shape index (κ2) is 11.5. The van der Waals surface area contributed by atoms with Crippen LogP contribution >= 0.6 is 0 Å². The quantitative estimate of drug-likeness (QED) is 0.512. The normalized spacial score (nSPS) is 11.3. The SMILES string of the molecule is N#Cc1ccccc1OCC(O)CNCCNC(=O)COc1ccccc1. The minimum absolute atomic E-state index is 0.0429. The molecule has 0 aliphatic carbocycles. The maximum atomic E-state index is 11.7. The average Bonchev–Trinajstić information content (AvgIpc) is 2.71. The Balaban J connectivity index is 1.53. The molecule has 0 aliphatic rings. The highest BCUT2D eigenvalue weighted by Gasteiger charge is 2.08. The van der Waals surface area contributed by atoms with Crippen LogP contribution in [0.1, 0.15) is 5.56 Å². The zero-order valence-electron chi connectivity index (χ0n) is 14.9. The van der Waals surface area contributed by atoms with E-state index in [9.17, 15) is 9.90 Å². The second-order valence-corrected chi connectivity index (χ2v) is 5.73. The van der Waals surface area contributed by atoms with E-state index in [2.05, 4.69) is 10.6 Å². The molecule has 0 bridgehead atoms. The molecule has 0 radical (unpaired) electrons. The zero-order chi connectivity index (χ0) is 19.3. The van der Waals surface area contributed by atoms with Crippen molar-refractivity contribution in [3.63, 3.8) is 0 Å². The third-order valence-electron chi connectivity index (χ3n) is 3.56. The topological polar surface area (TPSA) is 104 Å². The van der Waals surface area contributed by atoms with Crippen LogP contribution in [-0.4, -0.2) is 50.0 Å². The first-order chi connectivity index (χ1) is 13.2. The van der Waals surface area contributed by atoms with Gasteiger partial charge in [0.25, 0.3) is 5.91 Å². The van der Waals surface area contributed by atoms with Crippen molar-refractivity contribution in [3.8, 4) is 17.6 Å². The Labute approximate surface area is 158 Å². The Bertz CT molecular complexity index is 746. The van der Waals surface area contributed by atoms with Gasteiger partial charge in [0.05, 0.1) is 5.56 Å². The minimum atomic E-state index is -0.728. The number of nitrogens with one attached hydrogen (secondary N) is 2. The van der Waals surface area contributed by atoms with Crippen LogP contribution in [0.5, 0.6) is 11.5 Å². The van der Waals surface area contributed by atoms with Crippen molar-refractivity contribution >= 4 is 5.91 Å². The van der Waals surface area contributed by atoms with Gasteiger partial charge in [0.2, 0.25) is 0 Å². The van der Waals surface area contributed by atoms with Gasteiger partial charge in [-0.3, -0.25) is 4.79 Å². The zero-order valence-corrected chi connectivity index (χ0v) is 14.9. The standard InChI is InChI=1S/C20H23N3O4/c21-12-16-6-4-5-9-19(16)27-14-17(24)13-22-10-11-23-20(25)15-26-18-7-2-1-3-8-18/h1-9,17,22,24H,10-11,13-15H2,(H,23,25). The van der Waals surface area contributed by atoms with E-state index in [1.54, 1.807) is 36.4 Å². The Hall–Kier alpha value is -3.08. The van der Waals surface area contributed by atoms with Crippen LogP contribution in [0.2, 0.25) is 0 Å². The summed E-state index contributed by atoms with van der Waals surface area (Å²) >= 11 is 0. The Morgan fingerprint density at radius 3 is 2.59 bits per heavy atom. The van der Waals surface area contributed by atoms with Gasteiger partial charge in [-0.15, -0.1) is 0 Å². The van der Waals surface area contributed by atoms with E-state index in [1.807, 2.05) is 24.3 Å². The van der Waals surface area contributed by atoms with Crippen LogP contribution < -0.4 is 20.1 Å². The van der Waals surface area contributed by atoms with Gasteiger partial charge in [0.15, 0.2) is 6.61 Å². The van der Waals surface area contributed by atoms with Gasteiger partial charge in [-0.2, -0.15) is 5.26 Å². The number of ether oxygens (including phenoxy) is 2. The first-order valence-electron chi connectivity index (χ1n) is 8.64. The number of carbonyl (C=O) groups is 1. The van der Waals surface area contributed by atoms with Crippen LogP contribution in [0, 0.1) is 11.3 Å². The molecular weight excluding hydrogens is 346 g/mol. The first kappa shape index (κ1) is 20.2. The summed E-state index contributed by atoms with van der Waals surface area (Å²) in [5.74, 6) is 0.884. The Morgan fingerprint density at radius 1 is 1.07 bits per heavy atom. The summed E-state index contributed by atoms with van der Waals surface area (Å²) < 4.78 is 10.8. The molecule has 2 aromatic rings. The molecule has 2 rings (SSSR count). The highest BCUT2D eigenvalue weighted by molar-refractivity contribution is 5.77. The van der Waals surface area contributed by atoms with Gasteiger partial charge in [0.1, 0.15) is 30.3 Å². The van der Waals surface area contributed by atoms with Crippen LogP contribution in [0.25, 0.3) is 0 Å². The van der Waals surface area contributed by atoms with E-state index < -0.39 is 6.10 Å². The van der Waals surface area contributed by atoms with Crippen LogP contribution in [0.3, 0.4) is 0 Å². The van der Waals surface area contributed by atoms with Gasteiger partial charge in [0, 0.05) is 19.6 Å². The fourth-order valence-corrected chi connectivity index (χ4v) is 2.21. The van der Waals surface area contributed by atoms with Gasteiger partial charge in [-0.1, -0.05) is 30.3 Å². The fourth-order valence-electron chi connectivity index (χ4n) is 2.21. The molecule has 2 aromatic carbocycles. The van der Waals surface area contributed by atoms with Crippen LogP contribution in [-0.2, 0) is 4.79 Å². The summed E-state index contributed by atoms with van der Waals surface area (Å²) in [5, 5.41) is 24.7. The highest BCUT2D eigenvalue weighted by Crippen LogP contribution is 2.16. The van der Waals surface area contributed by atoms with Gasteiger partial charge in [-0.05, 0) is 24.3 Å². The maximum Gasteiger partial charge on any atom is 0.257 e. The number of rotatable bonds is 11. The third kappa shape index (κ3) is 7.77. The molecule has 0 saturated carbocycles. The van der Waals surface area contributed by atoms with Crippen molar-refractivity contribution in [1.82, 2.24) is 10.6 Å². The number of hydrogen-bond acceptors (Lipinski definition) is 6. The number of amides is 1. The smallest absolute Gasteiger partial charge is 0.257 e. The number of carbonyl (C=O) groups excluding carboxylic acids is 1. The summed E-state index contributed by atoms with van der Waals surface area (Å²) in [6.07, 6.45) is -0.728. The van der Waals surface area contributed by atoms with Crippen molar-refractivity contribution < 1.29 is 19.4 Å². The lowest BCUT2D eigenvalue weighted by Crippen LogP contribution is -2.38. The maximum absolute atomic E-state index is 11.7. The lowest BCUT2D eigenvalue weighted by molar-refractivity contribution is -0.123. The molecule has 0 aromatic heterocycles. The number of nitriles is 1. The predicted molar refractivity (Wildman–Crippen MR) is 100 cm³/mol. The number of hydrogen-bond donors (Lipinski definition) is 3. The molecule has 1 unspecified atom stereocenters. The number of para-hydroxylation sites is 2.